The van der Waals surface area contributed by atoms with Crippen LogP contribution < -0.4 is 10.9 Å². The number of nitrogens with one attached hydrogen (secondary N) is 2. The normalized spacial score (nSPS) is 9.80. The Morgan fingerprint density at radius 3 is 2.53 bits per heavy atom. The van der Waals surface area contributed by atoms with Gasteiger partial charge in [-0.1, -0.05) is 0 Å². The standard InChI is InChI=1S/C9H11ClN2O3/c1-5-3-7(6(2)15-5)9(14)12-11-8(13)4-10/h3H,4H2,1-2H3,(H,11,13)(H,12,14). The topological polar surface area (TPSA) is 71.3 Å². The molecule has 5 nitrogen and oxygen atoms in total. The Kier molecular flexibility index (Phi) is 3.74. The molecule has 0 atom stereocenters. The van der Waals surface area contributed by atoms with Crippen LogP contribution in [0.1, 0.15) is 21.9 Å². The number of carbonyl (C=O) groups excluding carboxylic acids is 2. The van der Waals surface area contributed by atoms with Gasteiger partial charge in [0.05, 0.1) is 5.56 Å². The molecule has 1 aromatic heterocycles. The van der Waals surface area contributed by atoms with Crippen molar-refractivity contribution < 1.29 is 14.0 Å². The molecule has 0 saturated heterocycles. The molecule has 0 aliphatic heterocycles. The first kappa shape index (κ1) is 11.6. The Hall–Kier alpha value is -1.49. The summed E-state index contributed by atoms with van der Waals surface area (Å²) in [5, 5.41) is 0. The predicted molar refractivity (Wildman–Crippen MR) is 54.5 cm³/mol. The predicted octanol–water partition coefficient (Wildman–Crippen LogP) is 0.896. The number of aryl methyl sites for hydroxylation is 2. The smallest absolute Gasteiger partial charge is 0.273 e. The molecule has 1 heterocycles. The van der Waals surface area contributed by atoms with Gasteiger partial charge in [0.15, 0.2) is 0 Å². The van der Waals surface area contributed by atoms with Crippen LogP contribution in [0.5, 0.6) is 0 Å². The summed E-state index contributed by atoms with van der Waals surface area (Å²) in [6, 6.07) is 1.59. The highest BCUT2D eigenvalue weighted by atomic mass is 35.5. The molecule has 1 rings (SSSR count). The van der Waals surface area contributed by atoms with Crippen LogP contribution in [0.25, 0.3) is 0 Å². The van der Waals surface area contributed by atoms with Gasteiger partial charge >= 0.3 is 0 Å². The first-order chi connectivity index (χ1) is 7.04. The summed E-state index contributed by atoms with van der Waals surface area (Å²) >= 11 is 5.23. The maximum Gasteiger partial charge on any atom is 0.273 e. The lowest BCUT2D eigenvalue weighted by molar-refractivity contribution is -0.119. The van der Waals surface area contributed by atoms with Crippen molar-refractivity contribution in [1.29, 1.82) is 0 Å². The zero-order chi connectivity index (χ0) is 11.4. The van der Waals surface area contributed by atoms with Gasteiger partial charge in [0, 0.05) is 0 Å². The first-order valence-corrected chi connectivity index (χ1v) is 4.80. The highest BCUT2D eigenvalue weighted by Gasteiger charge is 2.13. The third-order valence-electron chi connectivity index (χ3n) is 1.72. The molecule has 0 radical (unpaired) electrons. The molecule has 0 fully saturated rings. The van der Waals surface area contributed by atoms with Crippen LogP contribution in [-0.4, -0.2) is 17.7 Å². The minimum absolute atomic E-state index is 0.205. The minimum atomic E-state index is -0.470. The highest BCUT2D eigenvalue weighted by molar-refractivity contribution is 6.27. The molecular formula is C9H11ClN2O3. The molecule has 1 aromatic rings. The molecule has 0 aromatic carbocycles. The van der Waals surface area contributed by atoms with Crippen LogP contribution >= 0.6 is 11.6 Å². The number of carbonyl (C=O) groups is 2. The number of rotatable bonds is 2. The molecule has 15 heavy (non-hydrogen) atoms. The van der Waals surface area contributed by atoms with E-state index in [-0.39, 0.29) is 5.88 Å². The first-order valence-electron chi connectivity index (χ1n) is 4.26. The molecule has 2 amide bonds. The molecule has 2 N–H and O–H groups in total. The van der Waals surface area contributed by atoms with E-state index in [1.54, 1.807) is 19.9 Å². The van der Waals surface area contributed by atoms with Crippen LogP contribution in [0.15, 0.2) is 10.5 Å². The van der Waals surface area contributed by atoms with Crippen molar-refractivity contribution in [3.05, 3.63) is 23.2 Å². The van der Waals surface area contributed by atoms with Crippen molar-refractivity contribution in [3.8, 4) is 0 Å². The van der Waals surface area contributed by atoms with Crippen LogP contribution in [0.2, 0.25) is 0 Å². The van der Waals surface area contributed by atoms with E-state index in [2.05, 4.69) is 10.9 Å². The molecular weight excluding hydrogens is 220 g/mol. The van der Waals surface area contributed by atoms with Gasteiger partial charge in [0.1, 0.15) is 17.4 Å². The summed E-state index contributed by atoms with van der Waals surface area (Å²) < 4.78 is 5.17. The Morgan fingerprint density at radius 2 is 2.07 bits per heavy atom. The molecule has 0 aliphatic carbocycles. The fraction of sp³-hybridized carbons (Fsp3) is 0.333. The number of hydrazine groups is 1. The minimum Gasteiger partial charge on any atom is -0.466 e. The number of furan rings is 1. The zero-order valence-corrected chi connectivity index (χ0v) is 9.14. The summed E-state index contributed by atoms with van der Waals surface area (Å²) in [5.41, 5.74) is 4.77. The number of amides is 2. The molecule has 82 valence electrons. The average molecular weight is 231 g/mol. The van der Waals surface area contributed by atoms with Gasteiger partial charge in [-0.2, -0.15) is 0 Å². The van der Waals surface area contributed by atoms with Gasteiger partial charge in [-0.05, 0) is 19.9 Å². The molecule has 0 saturated carbocycles. The summed E-state index contributed by atoms with van der Waals surface area (Å²) in [6.45, 7) is 3.41. The Morgan fingerprint density at radius 1 is 1.40 bits per heavy atom. The zero-order valence-electron chi connectivity index (χ0n) is 8.39. The van der Waals surface area contributed by atoms with E-state index in [4.69, 9.17) is 16.0 Å². The second-order valence-corrected chi connectivity index (χ2v) is 3.23. The van der Waals surface area contributed by atoms with Gasteiger partial charge in [-0.15, -0.1) is 11.6 Å². The summed E-state index contributed by atoms with van der Waals surface area (Å²) in [4.78, 5) is 22.2. The lowest BCUT2D eigenvalue weighted by Gasteiger charge is -2.03. The third-order valence-corrected chi connectivity index (χ3v) is 1.97. The largest absolute Gasteiger partial charge is 0.466 e. The van der Waals surface area contributed by atoms with Gasteiger partial charge in [-0.3, -0.25) is 20.4 Å². The van der Waals surface area contributed by atoms with E-state index in [1.807, 2.05) is 0 Å². The van der Waals surface area contributed by atoms with Crippen molar-refractivity contribution in [3.63, 3.8) is 0 Å². The summed E-state index contributed by atoms with van der Waals surface area (Å²) in [5.74, 6) is 0.0427. The van der Waals surface area contributed by atoms with Gasteiger partial charge in [0.25, 0.3) is 11.8 Å². The molecule has 6 heteroatoms. The fourth-order valence-corrected chi connectivity index (χ4v) is 1.15. The number of halogens is 1. The maximum atomic E-state index is 11.5. The van der Waals surface area contributed by atoms with E-state index in [1.165, 1.54) is 0 Å². The lowest BCUT2D eigenvalue weighted by Crippen LogP contribution is -2.42. The van der Waals surface area contributed by atoms with E-state index >= 15 is 0 Å². The van der Waals surface area contributed by atoms with E-state index in [9.17, 15) is 9.59 Å². The van der Waals surface area contributed by atoms with Gasteiger partial charge < -0.3 is 4.42 Å². The van der Waals surface area contributed by atoms with E-state index in [0.717, 1.165) is 0 Å². The van der Waals surface area contributed by atoms with Crippen molar-refractivity contribution in [2.75, 3.05) is 5.88 Å². The Bertz CT molecular complexity index is 387. The molecule has 0 unspecified atom stereocenters. The third kappa shape index (κ3) is 2.99. The lowest BCUT2D eigenvalue weighted by atomic mass is 10.2. The Balaban J connectivity index is 2.61. The second kappa shape index (κ2) is 4.84. The quantitative estimate of drug-likeness (QED) is 0.586. The second-order valence-electron chi connectivity index (χ2n) is 2.96. The number of alkyl halides is 1. The van der Waals surface area contributed by atoms with Crippen LogP contribution in [0.4, 0.5) is 0 Å². The van der Waals surface area contributed by atoms with Crippen molar-refractivity contribution in [2.45, 2.75) is 13.8 Å². The SMILES string of the molecule is Cc1cc(C(=O)NNC(=O)CCl)c(C)o1. The summed E-state index contributed by atoms with van der Waals surface area (Å²) in [7, 11) is 0. The highest BCUT2D eigenvalue weighted by Crippen LogP contribution is 2.12. The average Bonchev–Trinajstić information content (AvgIpc) is 2.53. The van der Waals surface area contributed by atoms with E-state index < -0.39 is 11.8 Å². The number of hydrogen-bond acceptors (Lipinski definition) is 3. The Labute approximate surface area is 91.7 Å². The van der Waals surface area contributed by atoms with Crippen molar-refractivity contribution >= 4 is 23.4 Å². The molecule has 0 bridgehead atoms. The molecule has 0 aliphatic rings. The van der Waals surface area contributed by atoms with E-state index in [0.29, 0.717) is 17.1 Å². The molecule has 0 spiro atoms. The maximum absolute atomic E-state index is 11.5. The van der Waals surface area contributed by atoms with Gasteiger partial charge in [-0.25, -0.2) is 0 Å². The monoisotopic (exact) mass is 230 g/mol. The van der Waals surface area contributed by atoms with Crippen LogP contribution in [0, 0.1) is 13.8 Å². The number of hydrogen-bond donors (Lipinski definition) is 2. The van der Waals surface area contributed by atoms with Crippen LogP contribution in [0.3, 0.4) is 0 Å². The van der Waals surface area contributed by atoms with Crippen LogP contribution in [-0.2, 0) is 4.79 Å². The summed E-state index contributed by atoms with van der Waals surface area (Å²) in [6.07, 6.45) is 0. The fourth-order valence-electron chi connectivity index (χ4n) is 1.08. The van der Waals surface area contributed by atoms with Crippen molar-refractivity contribution in [2.24, 2.45) is 0 Å². The van der Waals surface area contributed by atoms with Gasteiger partial charge in [0.2, 0.25) is 0 Å². The van der Waals surface area contributed by atoms with Crippen molar-refractivity contribution in [1.82, 2.24) is 10.9 Å².